The number of pyridine rings is 1. The van der Waals surface area contributed by atoms with Crippen LogP contribution in [0.5, 0.6) is 5.75 Å². The van der Waals surface area contributed by atoms with Crippen molar-refractivity contribution in [2.24, 2.45) is 0 Å². The van der Waals surface area contributed by atoms with Crippen molar-refractivity contribution < 1.29 is 9.53 Å². The Bertz CT molecular complexity index is 671. The van der Waals surface area contributed by atoms with Crippen LogP contribution in [0.15, 0.2) is 36.5 Å². The third kappa shape index (κ3) is 4.21. The van der Waals surface area contributed by atoms with Crippen LogP contribution in [0, 0.1) is 6.92 Å². The number of halogens is 1. The van der Waals surface area contributed by atoms with E-state index in [2.05, 4.69) is 24.1 Å². The van der Waals surface area contributed by atoms with E-state index < -0.39 is 0 Å². The van der Waals surface area contributed by atoms with Crippen LogP contribution in [0.2, 0.25) is 5.15 Å². The van der Waals surface area contributed by atoms with Gasteiger partial charge in [-0.25, -0.2) is 4.98 Å². The molecule has 1 heterocycles. The average Bonchev–Trinajstić information content (AvgIpc) is 2.47. The zero-order valence-corrected chi connectivity index (χ0v) is 13.6. The molecule has 5 heteroatoms. The van der Waals surface area contributed by atoms with Crippen molar-refractivity contribution in [3.8, 4) is 5.75 Å². The Hall–Kier alpha value is -2.07. The van der Waals surface area contributed by atoms with Gasteiger partial charge >= 0.3 is 0 Å². The highest BCUT2D eigenvalue weighted by molar-refractivity contribution is 6.32. The molecule has 0 saturated carbocycles. The standard InChI is InChI=1S/C17H19ClN2O2/c1-11(2)13-7-6-12(3)9-15(13)22-10-16(21)20-14-5-4-8-19-17(14)18/h4-9,11H,10H2,1-3H3,(H,20,21). The second-order valence-electron chi connectivity index (χ2n) is 5.37. The number of nitrogens with one attached hydrogen (secondary N) is 1. The summed E-state index contributed by atoms with van der Waals surface area (Å²) < 4.78 is 5.68. The van der Waals surface area contributed by atoms with Gasteiger partial charge in [-0.2, -0.15) is 0 Å². The van der Waals surface area contributed by atoms with Crippen molar-refractivity contribution in [2.45, 2.75) is 26.7 Å². The quantitative estimate of drug-likeness (QED) is 0.841. The molecule has 2 aromatic rings. The molecule has 4 nitrogen and oxygen atoms in total. The first kappa shape index (κ1) is 16.3. The first-order valence-electron chi connectivity index (χ1n) is 7.11. The van der Waals surface area contributed by atoms with Gasteiger partial charge in [0, 0.05) is 6.20 Å². The lowest BCUT2D eigenvalue weighted by atomic mass is 10.0. The van der Waals surface area contributed by atoms with Gasteiger partial charge in [0.1, 0.15) is 5.75 Å². The Morgan fingerprint density at radius 1 is 1.36 bits per heavy atom. The van der Waals surface area contributed by atoms with Gasteiger partial charge in [-0.15, -0.1) is 0 Å². The number of carbonyl (C=O) groups excluding carboxylic acids is 1. The lowest BCUT2D eigenvalue weighted by Crippen LogP contribution is -2.21. The van der Waals surface area contributed by atoms with E-state index >= 15 is 0 Å². The number of amides is 1. The fourth-order valence-corrected chi connectivity index (χ4v) is 2.22. The minimum Gasteiger partial charge on any atom is -0.483 e. The number of aryl methyl sites for hydroxylation is 1. The molecule has 1 N–H and O–H groups in total. The van der Waals surface area contributed by atoms with Crippen LogP contribution in [0.4, 0.5) is 5.69 Å². The summed E-state index contributed by atoms with van der Waals surface area (Å²) in [4.78, 5) is 15.9. The molecule has 0 aliphatic rings. The number of aromatic nitrogens is 1. The van der Waals surface area contributed by atoms with E-state index in [9.17, 15) is 4.79 Å². The van der Waals surface area contributed by atoms with Crippen LogP contribution < -0.4 is 10.1 Å². The molecule has 2 rings (SSSR count). The van der Waals surface area contributed by atoms with Gasteiger partial charge < -0.3 is 10.1 Å². The number of benzene rings is 1. The molecule has 0 aliphatic heterocycles. The number of hydrogen-bond donors (Lipinski definition) is 1. The summed E-state index contributed by atoms with van der Waals surface area (Å²) in [6, 6.07) is 9.42. The van der Waals surface area contributed by atoms with Gasteiger partial charge in [0.2, 0.25) is 0 Å². The number of hydrogen-bond acceptors (Lipinski definition) is 3. The van der Waals surface area contributed by atoms with E-state index in [1.54, 1.807) is 18.3 Å². The zero-order chi connectivity index (χ0) is 16.1. The van der Waals surface area contributed by atoms with E-state index in [1.807, 2.05) is 25.1 Å². The normalized spacial score (nSPS) is 10.6. The van der Waals surface area contributed by atoms with Crippen LogP contribution in [0.1, 0.15) is 30.9 Å². The molecule has 0 spiro atoms. The fraction of sp³-hybridized carbons (Fsp3) is 0.294. The highest BCUT2D eigenvalue weighted by Gasteiger charge is 2.11. The highest BCUT2D eigenvalue weighted by Crippen LogP contribution is 2.27. The van der Waals surface area contributed by atoms with Crippen molar-refractivity contribution in [3.05, 3.63) is 52.8 Å². The smallest absolute Gasteiger partial charge is 0.262 e. The van der Waals surface area contributed by atoms with Crippen LogP contribution in [-0.4, -0.2) is 17.5 Å². The predicted molar refractivity (Wildman–Crippen MR) is 88.6 cm³/mol. The third-order valence-electron chi connectivity index (χ3n) is 3.18. The molecule has 0 fully saturated rings. The highest BCUT2D eigenvalue weighted by atomic mass is 35.5. The third-order valence-corrected chi connectivity index (χ3v) is 3.48. The maximum Gasteiger partial charge on any atom is 0.262 e. The van der Waals surface area contributed by atoms with Crippen molar-refractivity contribution in [3.63, 3.8) is 0 Å². The van der Waals surface area contributed by atoms with Crippen molar-refractivity contribution in [2.75, 3.05) is 11.9 Å². The molecular weight excluding hydrogens is 300 g/mol. The molecule has 0 atom stereocenters. The van der Waals surface area contributed by atoms with Crippen LogP contribution in [0.25, 0.3) is 0 Å². The van der Waals surface area contributed by atoms with Gasteiger partial charge in [-0.1, -0.05) is 37.6 Å². The summed E-state index contributed by atoms with van der Waals surface area (Å²) in [6.07, 6.45) is 1.57. The monoisotopic (exact) mass is 318 g/mol. The van der Waals surface area contributed by atoms with Crippen LogP contribution >= 0.6 is 11.6 Å². The number of carbonyl (C=O) groups is 1. The Balaban J connectivity index is 2.02. The number of rotatable bonds is 5. The number of ether oxygens (including phenoxy) is 1. The van der Waals surface area contributed by atoms with Crippen molar-refractivity contribution >= 4 is 23.2 Å². The molecule has 0 bridgehead atoms. The van der Waals surface area contributed by atoms with Crippen molar-refractivity contribution in [1.82, 2.24) is 4.98 Å². The predicted octanol–water partition coefficient (Wildman–Crippen LogP) is 4.18. The Morgan fingerprint density at radius 2 is 2.14 bits per heavy atom. The van der Waals surface area contributed by atoms with E-state index in [4.69, 9.17) is 16.3 Å². The molecule has 1 aromatic heterocycles. The second-order valence-corrected chi connectivity index (χ2v) is 5.73. The summed E-state index contributed by atoms with van der Waals surface area (Å²) in [6.45, 7) is 6.10. The van der Waals surface area contributed by atoms with Gasteiger partial charge in [0.15, 0.2) is 11.8 Å². The first-order chi connectivity index (χ1) is 10.5. The Labute approximate surface area is 135 Å². The SMILES string of the molecule is Cc1ccc(C(C)C)c(OCC(=O)Nc2cccnc2Cl)c1. The lowest BCUT2D eigenvalue weighted by molar-refractivity contribution is -0.118. The van der Waals surface area contributed by atoms with Crippen LogP contribution in [0.3, 0.4) is 0 Å². The largest absolute Gasteiger partial charge is 0.483 e. The second kappa shape index (κ2) is 7.27. The summed E-state index contributed by atoms with van der Waals surface area (Å²) in [5.74, 6) is 0.792. The van der Waals surface area contributed by atoms with Gasteiger partial charge in [-0.3, -0.25) is 4.79 Å². The summed E-state index contributed by atoms with van der Waals surface area (Å²) in [7, 11) is 0. The maximum atomic E-state index is 12.0. The Morgan fingerprint density at radius 3 is 2.82 bits per heavy atom. The minimum absolute atomic E-state index is 0.0750. The minimum atomic E-state index is -0.272. The zero-order valence-electron chi connectivity index (χ0n) is 12.9. The summed E-state index contributed by atoms with van der Waals surface area (Å²) in [5, 5.41) is 2.94. The van der Waals surface area contributed by atoms with Crippen molar-refractivity contribution in [1.29, 1.82) is 0 Å². The molecule has 1 aromatic carbocycles. The molecule has 1 amide bonds. The van der Waals surface area contributed by atoms with E-state index in [1.165, 1.54) is 0 Å². The number of anilines is 1. The van der Waals surface area contributed by atoms with Gasteiger partial charge in [0.05, 0.1) is 5.69 Å². The molecule has 0 radical (unpaired) electrons. The first-order valence-corrected chi connectivity index (χ1v) is 7.49. The maximum absolute atomic E-state index is 12.0. The number of nitrogens with zero attached hydrogens (tertiary/aromatic N) is 1. The van der Waals surface area contributed by atoms with E-state index in [-0.39, 0.29) is 17.7 Å². The molecule has 22 heavy (non-hydrogen) atoms. The molecular formula is C17H19ClN2O2. The molecule has 0 unspecified atom stereocenters. The molecule has 0 saturated heterocycles. The van der Waals surface area contributed by atoms with Gasteiger partial charge in [0.25, 0.3) is 5.91 Å². The van der Waals surface area contributed by atoms with Crippen LogP contribution in [-0.2, 0) is 4.79 Å². The average molecular weight is 319 g/mol. The summed E-state index contributed by atoms with van der Waals surface area (Å²) in [5.41, 5.74) is 2.65. The topological polar surface area (TPSA) is 51.2 Å². The Kier molecular flexibility index (Phi) is 5.39. The lowest BCUT2D eigenvalue weighted by Gasteiger charge is -2.15. The van der Waals surface area contributed by atoms with E-state index in [0.717, 1.165) is 16.9 Å². The fourth-order valence-electron chi connectivity index (χ4n) is 2.05. The van der Waals surface area contributed by atoms with Gasteiger partial charge in [-0.05, 0) is 42.2 Å². The summed E-state index contributed by atoms with van der Waals surface area (Å²) >= 11 is 5.91. The molecule has 116 valence electrons. The molecule has 0 aliphatic carbocycles. The van der Waals surface area contributed by atoms with E-state index in [0.29, 0.717) is 11.6 Å².